The second-order valence-electron chi connectivity index (χ2n) is 6.77. The summed E-state index contributed by atoms with van der Waals surface area (Å²) in [5.41, 5.74) is 0. The van der Waals surface area contributed by atoms with Gasteiger partial charge in [-0.3, -0.25) is 4.79 Å². The Morgan fingerprint density at radius 1 is 0.833 bits per heavy atom. The number of allylic oxidation sites excluding steroid dienone is 2. The Kier molecular flexibility index (Phi) is 16.4. The maximum absolute atomic E-state index is 11.0. The third-order valence-electron chi connectivity index (χ3n) is 4.41. The zero-order valence-corrected chi connectivity index (χ0v) is 15.5. The van der Waals surface area contributed by atoms with Crippen LogP contribution in [0.1, 0.15) is 96.8 Å². The molecule has 4 nitrogen and oxygen atoms in total. The minimum atomic E-state index is -1.53. The van der Waals surface area contributed by atoms with Crippen molar-refractivity contribution in [3.63, 3.8) is 0 Å². The summed E-state index contributed by atoms with van der Waals surface area (Å²) in [6, 6.07) is 0. The molecule has 0 aromatic carbocycles. The third-order valence-corrected chi connectivity index (χ3v) is 4.41. The molecule has 1 unspecified atom stereocenters. The van der Waals surface area contributed by atoms with Crippen LogP contribution in [0.3, 0.4) is 0 Å². The number of carbonyl (C=O) groups is 1. The number of unbranched alkanes of at least 4 members (excludes halogenated alkanes) is 10. The topological polar surface area (TPSA) is 77.8 Å². The molecule has 0 aromatic heterocycles. The lowest BCUT2D eigenvalue weighted by molar-refractivity contribution is -0.146. The van der Waals surface area contributed by atoms with E-state index in [0.29, 0.717) is 6.42 Å². The monoisotopic (exact) mass is 342 g/mol. The maximum atomic E-state index is 11.0. The van der Waals surface area contributed by atoms with Gasteiger partial charge in [-0.1, -0.05) is 70.4 Å². The van der Waals surface area contributed by atoms with Crippen LogP contribution in [0, 0.1) is 5.92 Å². The highest BCUT2D eigenvalue weighted by Gasteiger charge is 2.19. The second kappa shape index (κ2) is 17.0. The van der Waals surface area contributed by atoms with Crippen LogP contribution in [0.4, 0.5) is 0 Å². The molecule has 4 heteroatoms. The third kappa shape index (κ3) is 16.0. The molecule has 0 saturated heterocycles. The van der Waals surface area contributed by atoms with E-state index in [1.807, 2.05) is 0 Å². The molecular formula is C20H38O4. The van der Waals surface area contributed by atoms with Crippen molar-refractivity contribution in [3.05, 3.63) is 12.2 Å². The Bertz CT molecular complexity index is 313. The Balaban J connectivity index is 3.40. The van der Waals surface area contributed by atoms with Gasteiger partial charge in [-0.2, -0.15) is 0 Å². The number of rotatable bonds is 17. The lowest BCUT2D eigenvalue weighted by atomic mass is 9.97. The number of carboxylic acid groups (broad SMARTS) is 1. The quantitative estimate of drug-likeness (QED) is 0.197. The van der Waals surface area contributed by atoms with Gasteiger partial charge in [0.25, 0.3) is 0 Å². The molecule has 0 aromatic rings. The predicted molar refractivity (Wildman–Crippen MR) is 98.8 cm³/mol. The van der Waals surface area contributed by atoms with Gasteiger partial charge in [0.15, 0.2) is 6.29 Å². The minimum absolute atomic E-state index is 0.0729. The van der Waals surface area contributed by atoms with Crippen molar-refractivity contribution in [1.82, 2.24) is 0 Å². The molecule has 3 N–H and O–H groups in total. The first-order valence-electron chi connectivity index (χ1n) is 9.81. The molecule has 0 spiro atoms. The molecule has 24 heavy (non-hydrogen) atoms. The summed E-state index contributed by atoms with van der Waals surface area (Å²) >= 11 is 0. The zero-order valence-electron chi connectivity index (χ0n) is 15.5. The van der Waals surface area contributed by atoms with Gasteiger partial charge in [0.05, 0.1) is 5.92 Å². The van der Waals surface area contributed by atoms with Crippen molar-refractivity contribution in [2.24, 2.45) is 5.92 Å². The van der Waals surface area contributed by atoms with E-state index >= 15 is 0 Å². The Labute approximate surface area is 148 Å². The number of aliphatic carboxylic acids is 1. The summed E-state index contributed by atoms with van der Waals surface area (Å²) in [7, 11) is 0. The van der Waals surface area contributed by atoms with Gasteiger partial charge in [-0.15, -0.1) is 0 Å². The molecule has 0 amide bonds. The average molecular weight is 343 g/mol. The average Bonchev–Trinajstić information content (AvgIpc) is 2.53. The highest BCUT2D eigenvalue weighted by molar-refractivity contribution is 5.69. The summed E-state index contributed by atoms with van der Waals surface area (Å²) in [5.74, 6) is -1.57. The number of carboxylic acids is 1. The first-order chi connectivity index (χ1) is 11.6. The molecule has 0 aliphatic carbocycles. The van der Waals surface area contributed by atoms with Crippen molar-refractivity contribution in [2.75, 3.05) is 0 Å². The Morgan fingerprint density at radius 2 is 1.33 bits per heavy atom. The van der Waals surface area contributed by atoms with E-state index < -0.39 is 18.2 Å². The standard InChI is InChI=1S/C20H38O4/c1-2-3-4-5-6-7-8-9-10-11-12-13-14-15-16-18(20(23)24)17-19(21)22/h9-10,18-19,21-22H,2-8,11-17H2,1H3,(H,23,24)/b10-9-. The summed E-state index contributed by atoms with van der Waals surface area (Å²) in [5, 5.41) is 26.7. The largest absolute Gasteiger partial charge is 0.481 e. The number of hydrogen-bond acceptors (Lipinski definition) is 3. The van der Waals surface area contributed by atoms with Crippen LogP contribution in [0.2, 0.25) is 0 Å². The first kappa shape index (κ1) is 23.1. The predicted octanol–water partition coefficient (Wildman–Crippen LogP) is 5.04. The van der Waals surface area contributed by atoms with Crippen molar-refractivity contribution in [1.29, 1.82) is 0 Å². The lowest BCUT2D eigenvalue weighted by Gasteiger charge is -2.12. The van der Waals surface area contributed by atoms with E-state index in [9.17, 15) is 4.79 Å². The lowest BCUT2D eigenvalue weighted by Crippen LogP contribution is -2.20. The molecule has 0 radical (unpaired) electrons. The molecular weight excluding hydrogens is 304 g/mol. The van der Waals surface area contributed by atoms with Gasteiger partial charge in [-0.05, 0) is 32.1 Å². The first-order valence-corrected chi connectivity index (χ1v) is 9.81. The Hall–Kier alpha value is -0.870. The van der Waals surface area contributed by atoms with Crippen molar-refractivity contribution in [2.45, 2.75) is 103 Å². The maximum Gasteiger partial charge on any atom is 0.306 e. The summed E-state index contributed by atoms with van der Waals surface area (Å²) < 4.78 is 0. The summed E-state index contributed by atoms with van der Waals surface area (Å²) in [4.78, 5) is 11.0. The molecule has 0 heterocycles. The fourth-order valence-corrected chi connectivity index (χ4v) is 2.88. The van der Waals surface area contributed by atoms with Gasteiger partial charge in [-0.25, -0.2) is 0 Å². The van der Waals surface area contributed by atoms with E-state index in [0.717, 1.165) is 32.1 Å². The van der Waals surface area contributed by atoms with E-state index in [1.54, 1.807) is 0 Å². The minimum Gasteiger partial charge on any atom is -0.481 e. The molecule has 0 bridgehead atoms. The van der Waals surface area contributed by atoms with Crippen LogP contribution < -0.4 is 0 Å². The van der Waals surface area contributed by atoms with Gasteiger partial charge in [0.1, 0.15) is 0 Å². The SMILES string of the molecule is CCCCCCCC/C=C\CCCCCCC(CC(O)O)C(=O)O. The molecule has 0 saturated carbocycles. The van der Waals surface area contributed by atoms with Gasteiger partial charge < -0.3 is 15.3 Å². The van der Waals surface area contributed by atoms with E-state index in [1.165, 1.54) is 44.9 Å². The van der Waals surface area contributed by atoms with Crippen molar-refractivity contribution in [3.8, 4) is 0 Å². The second-order valence-corrected chi connectivity index (χ2v) is 6.77. The smallest absolute Gasteiger partial charge is 0.306 e. The van der Waals surface area contributed by atoms with E-state index in [2.05, 4.69) is 19.1 Å². The fourth-order valence-electron chi connectivity index (χ4n) is 2.88. The summed E-state index contributed by atoms with van der Waals surface area (Å²) in [6.07, 6.45) is 18.0. The highest BCUT2D eigenvalue weighted by atomic mass is 16.5. The van der Waals surface area contributed by atoms with E-state index in [4.69, 9.17) is 15.3 Å². The zero-order chi connectivity index (χ0) is 18.0. The van der Waals surface area contributed by atoms with Gasteiger partial charge >= 0.3 is 5.97 Å². The van der Waals surface area contributed by atoms with Crippen LogP contribution in [0.25, 0.3) is 0 Å². The number of hydrogen-bond donors (Lipinski definition) is 3. The number of aliphatic hydroxyl groups is 2. The van der Waals surface area contributed by atoms with Gasteiger partial charge in [0.2, 0.25) is 0 Å². The highest BCUT2D eigenvalue weighted by Crippen LogP contribution is 2.16. The normalized spacial score (nSPS) is 13.0. The van der Waals surface area contributed by atoms with E-state index in [-0.39, 0.29) is 6.42 Å². The van der Waals surface area contributed by atoms with Gasteiger partial charge in [0, 0.05) is 6.42 Å². The number of aliphatic hydroxyl groups excluding tert-OH is 1. The molecule has 0 fully saturated rings. The van der Waals surface area contributed by atoms with Crippen LogP contribution in [-0.2, 0) is 4.79 Å². The molecule has 142 valence electrons. The van der Waals surface area contributed by atoms with Crippen molar-refractivity contribution < 1.29 is 20.1 Å². The molecule has 0 aliphatic rings. The van der Waals surface area contributed by atoms with Crippen molar-refractivity contribution >= 4 is 5.97 Å². The van der Waals surface area contributed by atoms with Crippen LogP contribution in [0.5, 0.6) is 0 Å². The molecule has 1 atom stereocenters. The summed E-state index contributed by atoms with van der Waals surface area (Å²) in [6.45, 7) is 2.24. The fraction of sp³-hybridized carbons (Fsp3) is 0.850. The van der Waals surface area contributed by atoms with Crippen LogP contribution >= 0.6 is 0 Å². The Morgan fingerprint density at radius 3 is 1.83 bits per heavy atom. The van der Waals surface area contributed by atoms with Crippen LogP contribution in [-0.4, -0.2) is 27.6 Å². The van der Waals surface area contributed by atoms with Crippen LogP contribution in [0.15, 0.2) is 12.2 Å². The molecule has 0 aliphatic heterocycles. The molecule has 0 rings (SSSR count).